The third-order valence-corrected chi connectivity index (χ3v) is 3.31. The number of hydrogen-bond acceptors (Lipinski definition) is 3. The average Bonchev–Trinajstić information content (AvgIpc) is 2.27. The minimum absolute atomic E-state index is 0.616. The van der Waals surface area contributed by atoms with Gasteiger partial charge in [-0.25, -0.2) is 5.01 Å². The summed E-state index contributed by atoms with van der Waals surface area (Å²) in [6.45, 7) is 4.24. The molecule has 1 aliphatic heterocycles. The molecule has 0 amide bonds. The second kappa shape index (κ2) is 4.93. The zero-order valence-electron chi connectivity index (χ0n) is 9.59. The highest BCUT2D eigenvalue weighted by Crippen LogP contribution is 2.27. The van der Waals surface area contributed by atoms with Gasteiger partial charge in [-0.1, -0.05) is 18.0 Å². The molecule has 0 bridgehead atoms. The van der Waals surface area contributed by atoms with Crippen LogP contribution in [0.25, 0.3) is 0 Å². The first-order valence-electron chi connectivity index (χ1n) is 5.74. The minimum Gasteiger partial charge on any atom is -0.398 e. The molecule has 1 aromatic carbocycles. The summed E-state index contributed by atoms with van der Waals surface area (Å²) in [4.78, 5) is 0. The molecule has 0 spiro atoms. The first-order valence-corrected chi connectivity index (χ1v) is 6.12. The van der Waals surface area contributed by atoms with E-state index in [0.717, 1.165) is 24.3 Å². The van der Waals surface area contributed by atoms with Crippen molar-refractivity contribution < 1.29 is 0 Å². The SMILES string of the molecule is Cc1cc(N)c(Cl)cc1NN1CCCCC1. The Bertz CT molecular complexity index is 373. The molecule has 1 aliphatic rings. The van der Waals surface area contributed by atoms with Crippen LogP contribution in [0.4, 0.5) is 11.4 Å². The Morgan fingerprint density at radius 1 is 1.25 bits per heavy atom. The van der Waals surface area contributed by atoms with Crippen LogP contribution in [0.5, 0.6) is 0 Å². The van der Waals surface area contributed by atoms with Gasteiger partial charge in [0.25, 0.3) is 0 Å². The maximum Gasteiger partial charge on any atom is 0.0656 e. The van der Waals surface area contributed by atoms with Crippen LogP contribution >= 0.6 is 11.6 Å². The van der Waals surface area contributed by atoms with Gasteiger partial charge in [0.15, 0.2) is 0 Å². The van der Waals surface area contributed by atoms with E-state index in [9.17, 15) is 0 Å². The quantitative estimate of drug-likeness (QED) is 0.780. The lowest BCUT2D eigenvalue weighted by molar-refractivity contribution is 0.273. The van der Waals surface area contributed by atoms with E-state index in [2.05, 4.69) is 10.4 Å². The molecule has 2 rings (SSSR count). The Kier molecular flexibility index (Phi) is 3.56. The number of hydrazine groups is 1. The number of halogens is 1. The Hall–Kier alpha value is -0.930. The summed E-state index contributed by atoms with van der Waals surface area (Å²) in [5.41, 5.74) is 12.0. The van der Waals surface area contributed by atoms with E-state index < -0.39 is 0 Å². The Morgan fingerprint density at radius 2 is 1.94 bits per heavy atom. The third-order valence-electron chi connectivity index (χ3n) is 2.98. The molecule has 0 radical (unpaired) electrons. The predicted molar refractivity (Wildman–Crippen MR) is 69.6 cm³/mol. The van der Waals surface area contributed by atoms with Crippen molar-refractivity contribution in [2.75, 3.05) is 24.2 Å². The molecular weight excluding hydrogens is 222 g/mol. The first-order chi connectivity index (χ1) is 7.66. The molecule has 3 N–H and O–H groups in total. The normalized spacial score (nSPS) is 17.4. The molecule has 1 saturated heterocycles. The summed E-state index contributed by atoms with van der Waals surface area (Å²) >= 11 is 6.02. The van der Waals surface area contributed by atoms with E-state index in [1.165, 1.54) is 19.3 Å². The molecule has 1 fully saturated rings. The van der Waals surface area contributed by atoms with Crippen LogP contribution in [0.2, 0.25) is 5.02 Å². The van der Waals surface area contributed by atoms with Gasteiger partial charge in [0.1, 0.15) is 0 Å². The van der Waals surface area contributed by atoms with E-state index in [0.29, 0.717) is 10.7 Å². The van der Waals surface area contributed by atoms with E-state index >= 15 is 0 Å². The molecule has 1 aromatic rings. The number of rotatable bonds is 2. The van der Waals surface area contributed by atoms with Crippen molar-refractivity contribution in [1.29, 1.82) is 0 Å². The summed E-state index contributed by atoms with van der Waals surface area (Å²) in [6.07, 6.45) is 3.85. The highest BCUT2D eigenvalue weighted by atomic mass is 35.5. The van der Waals surface area contributed by atoms with Crippen LogP contribution in [0.1, 0.15) is 24.8 Å². The van der Waals surface area contributed by atoms with Crippen LogP contribution in [0.15, 0.2) is 12.1 Å². The molecule has 0 aliphatic carbocycles. The lowest BCUT2D eigenvalue weighted by Gasteiger charge is -2.28. The van der Waals surface area contributed by atoms with Gasteiger partial charge in [-0.15, -0.1) is 0 Å². The number of anilines is 2. The average molecular weight is 240 g/mol. The van der Waals surface area contributed by atoms with Crippen LogP contribution in [-0.2, 0) is 0 Å². The maximum absolute atomic E-state index is 6.02. The summed E-state index contributed by atoms with van der Waals surface area (Å²) < 4.78 is 0. The van der Waals surface area contributed by atoms with Crippen molar-refractivity contribution in [1.82, 2.24) is 5.01 Å². The summed E-state index contributed by atoms with van der Waals surface area (Å²) in [5.74, 6) is 0. The van der Waals surface area contributed by atoms with Gasteiger partial charge < -0.3 is 11.2 Å². The fourth-order valence-electron chi connectivity index (χ4n) is 2.00. The van der Waals surface area contributed by atoms with E-state index in [1.54, 1.807) is 0 Å². The molecule has 0 atom stereocenters. The largest absolute Gasteiger partial charge is 0.398 e. The van der Waals surface area contributed by atoms with E-state index in [1.807, 2.05) is 19.1 Å². The van der Waals surface area contributed by atoms with Crippen molar-refractivity contribution in [3.05, 3.63) is 22.7 Å². The molecule has 3 nitrogen and oxygen atoms in total. The minimum atomic E-state index is 0.616. The third kappa shape index (κ3) is 2.60. The fourth-order valence-corrected chi connectivity index (χ4v) is 2.16. The Balaban J connectivity index is 2.11. The number of nitrogens with two attached hydrogens (primary N) is 1. The fraction of sp³-hybridized carbons (Fsp3) is 0.500. The smallest absolute Gasteiger partial charge is 0.0656 e. The summed E-state index contributed by atoms with van der Waals surface area (Å²) in [7, 11) is 0. The van der Waals surface area contributed by atoms with Gasteiger partial charge in [-0.2, -0.15) is 0 Å². The summed E-state index contributed by atoms with van der Waals surface area (Å²) in [6, 6.07) is 3.81. The van der Waals surface area contributed by atoms with Gasteiger partial charge in [-0.05, 0) is 37.5 Å². The van der Waals surface area contributed by atoms with Crippen LogP contribution in [0.3, 0.4) is 0 Å². The summed E-state index contributed by atoms with van der Waals surface area (Å²) in [5, 5.41) is 2.86. The second-order valence-electron chi connectivity index (χ2n) is 4.35. The number of aryl methyl sites for hydroxylation is 1. The van der Waals surface area contributed by atoms with Gasteiger partial charge >= 0.3 is 0 Å². The Labute approximate surface area is 102 Å². The van der Waals surface area contributed by atoms with Crippen LogP contribution in [0, 0.1) is 6.92 Å². The van der Waals surface area contributed by atoms with Crippen molar-refractivity contribution in [3.8, 4) is 0 Å². The highest BCUT2D eigenvalue weighted by molar-refractivity contribution is 6.33. The van der Waals surface area contributed by atoms with Gasteiger partial charge in [0.05, 0.1) is 16.4 Å². The van der Waals surface area contributed by atoms with Gasteiger partial charge in [0, 0.05) is 13.1 Å². The second-order valence-corrected chi connectivity index (χ2v) is 4.76. The molecule has 1 heterocycles. The molecule has 0 unspecified atom stereocenters. The molecular formula is C12H18ClN3. The maximum atomic E-state index is 6.02. The van der Waals surface area contributed by atoms with Crippen molar-refractivity contribution in [3.63, 3.8) is 0 Å². The van der Waals surface area contributed by atoms with E-state index in [-0.39, 0.29) is 0 Å². The zero-order valence-corrected chi connectivity index (χ0v) is 10.3. The zero-order chi connectivity index (χ0) is 11.5. The monoisotopic (exact) mass is 239 g/mol. The van der Waals surface area contributed by atoms with Crippen molar-refractivity contribution >= 4 is 23.0 Å². The van der Waals surface area contributed by atoms with Crippen molar-refractivity contribution in [2.24, 2.45) is 0 Å². The Morgan fingerprint density at radius 3 is 2.62 bits per heavy atom. The topological polar surface area (TPSA) is 41.3 Å². The molecule has 0 saturated carbocycles. The molecule has 16 heavy (non-hydrogen) atoms. The lowest BCUT2D eigenvalue weighted by atomic mass is 10.1. The van der Waals surface area contributed by atoms with Crippen LogP contribution in [-0.4, -0.2) is 18.1 Å². The first kappa shape index (κ1) is 11.6. The molecule has 88 valence electrons. The standard InChI is InChI=1S/C12H18ClN3/c1-9-7-11(14)10(13)8-12(9)15-16-5-3-2-4-6-16/h7-8,15H,2-6,14H2,1H3. The van der Waals surface area contributed by atoms with Crippen molar-refractivity contribution in [2.45, 2.75) is 26.2 Å². The number of benzene rings is 1. The van der Waals surface area contributed by atoms with Crippen LogP contribution < -0.4 is 11.2 Å². The number of piperidine rings is 1. The number of nitrogens with one attached hydrogen (secondary N) is 1. The van der Waals surface area contributed by atoms with Gasteiger partial charge in [0.2, 0.25) is 0 Å². The number of nitrogen functional groups attached to an aromatic ring is 1. The number of nitrogens with zero attached hydrogens (tertiary/aromatic N) is 1. The predicted octanol–water partition coefficient (Wildman–Crippen LogP) is 3.04. The highest BCUT2D eigenvalue weighted by Gasteiger charge is 2.11. The van der Waals surface area contributed by atoms with E-state index in [4.69, 9.17) is 17.3 Å². The lowest BCUT2D eigenvalue weighted by Crippen LogP contribution is -2.35. The molecule has 4 heteroatoms. The molecule has 0 aromatic heterocycles. The number of hydrogen-bond donors (Lipinski definition) is 2. The van der Waals surface area contributed by atoms with Gasteiger partial charge in [-0.3, -0.25) is 0 Å².